The van der Waals surface area contributed by atoms with Crippen molar-refractivity contribution >= 4 is 55.6 Å². The van der Waals surface area contributed by atoms with Gasteiger partial charge in [0.25, 0.3) is 10.0 Å². The molecule has 0 bridgehead atoms. The molecular weight excluding hydrogens is 489 g/mol. The Labute approximate surface area is 210 Å². The molecule has 1 aromatic heterocycles. The summed E-state index contributed by atoms with van der Waals surface area (Å²) in [4.78, 5) is 0.226. The van der Waals surface area contributed by atoms with Crippen LogP contribution in [0.15, 0.2) is 84.2 Å². The molecule has 0 N–H and O–H groups in total. The van der Waals surface area contributed by atoms with Crippen LogP contribution in [-0.4, -0.2) is 13.0 Å². The zero-order valence-corrected chi connectivity index (χ0v) is 21.6. The average Bonchev–Trinajstić information content (AvgIpc) is 3.18. The average molecular weight is 515 g/mol. The Kier molecular flexibility index (Phi) is 7.03. The summed E-state index contributed by atoms with van der Waals surface area (Å²) in [7, 11) is -3.86. The highest BCUT2D eigenvalue weighted by atomic mass is 35.5. The topological polar surface area (TPSA) is 46.2 Å². The van der Waals surface area contributed by atoms with Gasteiger partial charge in [0.15, 0.2) is 11.0 Å². The lowest BCUT2D eigenvalue weighted by Gasteiger charge is -2.21. The quantitative estimate of drug-likeness (QED) is 0.258. The first-order valence-corrected chi connectivity index (χ1v) is 13.2. The third kappa shape index (κ3) is 4.58. The largest absolute Gasteiger partial charge is 0.268 e. The lowest BCUT2D eigenvalue weighted by atomic mass is 10.2. The fraction of sp³-hybridized carbons (Fsp3) is 0.192. The molecule has 0 unspecified atom stereocenters. The minimum atomic E-state index is -3.86. The maximum atomic E-state index is 13.8. The molecule has 0 fully saturated rings. The number of benzene rings is 3. The first-order valence-electron chi connectivity index (χ1n) is 11.0. The second-order valence-electron chi connectivity index (χ2n) is 7.95. The lowest BCUT2D eigenvalue weighted by Crippen LogP contribution is -2.30. The summed E-state index contributed by atoms with van der Waals surface area (Å²) in [6, 6.07) is 19.6. The number of halogens is 2. The van der Waals surface area contributed by atoms with Crippen molar-refractivity contribution in [3.8, 4) is 0 Å². The van der Waals surface area contributed by atoms with Gasteiger partial charge in [0, 0.05) is 18.6 Å². The van der Waals surface area contributed by atoms with E-state index in [-0.39, 0.29) is 4.90 Å². The molecule has 0 amide bonds. The first-order chi connectivity index (χ1) is 16.3. The molecule has 5 nitrogen and oxygen atoms in total. The molecule has 0 saturated carbocycles. The second-order valence-corrected chi connectivity index (χ2v) is 10.6. The molecule has 0 aliphatic heterocycles. The number of para-hydroxylation sites is 1. The number of aryl methyl sites for hydroxylation is 2. The van der Waals surface area contributed by atoms with Gasteiger partial charge in [0.1, 0.15) is 5.70 Å². The van der Waals surface area contributed by atoms with Crippen LogP contribution < -0.4 is 8.87 Å². The second kappa shape index (κ2) is 9.82. The first kappa shape index (κ1) is 24.3. The molecule has 0 aliphatic carbocycles. The van der Waals surface area contributed by atoms with E-state index in [9.17, 15) is 8.42 Å². The Morgan fingerprint density at radius 2 is 1.65 bits per heavy atom. The van der Waals surface area contributed by atoms with Crippen LogP contribution in [0.1, 0.15) is 25.8 Å². The molecule has 176 valence electrons. The summed E-state index contributed by atoms with van der Waals surface area (Å²) in [5.74, 6) is 0. The number of allylic oxidation sites excluding steroid dienone is 1. The van der Waals surface area contributed by atoms with Crippen molar-refractivity contribution in [1.82, 2.24) is 4.57 Å². The van der Waals surface area contributed by atoms with Gasteiger partial charge in [-0.1, -0.05) is 66.0 Å². The van der Waals surface area contributed by atoms with Gasteiger partial charge in [-0.2, -0.15) is 4.57 Å². The van der Waals surface area contributed by atoms with Crippen LogP contribution in [0.5, 0.6) is 0 Å². The van der Waals surface area contributed by atoms with Gasteiger partial charge in [-0.15, -0.1) is 0 Å². The normalized spacial score (nSPS) is 12.3. The van der Waals surface area contributed by atoms with Crippen LogP contribution in [-0.2, 0) is 16.6 Å². The Hall–Kier alpha value is -2.80. The van der Waals surface area contributed by atoms with Crippen LogP contribution in [0, 0.1) is 6.92 Å². The van der Waals surface area contributed by atoms with Gasteiger partial charge in [-0.05, 0) is 38.1 Å². The van der Waals surface area contributed by atoms with Gasteiger partial charge in [0.05, 0.1) is 33.4 Å². The Bertz CT molecular complexity index is 1460. The zero-order valence-electron chi connectivity index (χ0n) is 19.2. The summed E-state index contributed by atoms with van der Waals surface area (Å²) in [6.07, 6.45) is 4.22. The minimum Gasteiger partial charge on any atom is -0.238 e. The molecule has 0 saturated heterocycles. The third-order valence-electron chi connectivity index (χ3n) is 5.71. The molecule has 8 heteroatoms. The number of anilines is 1. The molecule has 34 heavy (non-hydrogen) atoms. The van der Waals surface area contributed by atoms with Gasteiger partial charge in [0.2, 0.25) is 6.33 Å². The summed E-state index contributed by atoms with van der Waals surface area (Å²) in [5.41, 5.74) is 4.10. The number of aromatic nitrogens is 2. The van der Waals surface area contributed by atoms with Crippen LogP contribution in [0.3, 0.4) is 0 Å². The molecule has 0 spiro atoms. The standard InChI is InChI=1S/C26H26Cl2N3O2S/c1-4-20(30-18-29(5-2)25-15-23(27)24(28)16-26(25)30)17-31(21-9-7-6-8-10-21)34(32,33)22-13-11-19(3)12-14-22/h6-18H,4-5H2,1-3H3/q+1. The van der Waals surface area contributed by atoms with E-state index < -0.39 is 10.0 Å². The molecule has 3 aromatic carbocycles. The van der Waals surface area contributed by atoms with Crippen molar-refractivity contribution in [3.05, 3.63) is 94.9 Å². The van der Waals surface area contributed by atoms with Crippen molar-refractivity contribution in [3.63, 3.8) is 0 Å². The van der Waals surface area contributed by atoms with Crippen molar-refractivity contribution in [2.45, 2.75) is 38.6 Å². The number of nitrogens with zero attached hydrogens (tertiary/aromatic N) is 3. The maximum absolute atomic E-state index is 13.8. The lowest BCUT2D eigenvalue weighted by molar-refractivity contribution is -0.668. The molecular formula is C26H26Cl2N3O2S+. The summed E-state index contributed by atoms with van der Waals surface area (Å²) in [5, 5.41) is 0.920. The highest BCUT2D eigenvalue weighted by Crippen LogP contribution is 2.31. The highest BCUT2D eigenvalue weighted by molar-refractivity contribution is 7.93. The molecule has 1 heterocycles. The van der Waals surface area contributed by atoms with E-state index in [4.69, 9.17) is 23.2 Å². The minimum absolute atomic E-state index is 0.226. The number of hydrogen-bond acceptors (Lipinski definition) is 2. The van der Waals surface area contributed by atoms with Crippen molar-refractivity contribution in [2.24, 2.45) is 0 Å². The fourth-order valence-electron chi connectivity index (χ4n) is 3.83. The predicted octanol–water partition coefficient (Wildman–Crippen LogP) is 6.67. The van der Waals surface area contributed by atoms with Gasteiger partial charge in [-0.3, -0.25) is 0 Å². The molecule has 4 rings (SSSR count). The fourth-order valence-corrected chi connectivity index (χ4v) is 5.52. The molecule has 0 aliphatic rings. The summed E-state index contributed by atoms with van der Waals surface area (Å²) < 4.78 is 32.9. The van der Waals surface area contributed by atoms with Crippen LogP contribution in [0.2, 0.25) is 10.0 Å². The maximum Gasteiger partial charge on any atom is 0.268 e. The van der Waals surface area contributed by atoms with E-state index in [0.29, 0.717) is 22.2 Å². The SMILES string of the molecule is CCC(=CN(c1ccccc1)S(=O)(=O)c1ccc(C)cc1)n1c[n+](CC)c2cc(Cl)c(Cl)cc21. The molecule has 4 aromatic rings. The zero-order chi connectivity index (χ0) is 24.5. The third-order valence-corrected chi connectivity index (χ3v) is 8.13. The summed E-state index contributed by atoms with van der Waals surface area (Å²) >= 11 is 12.6. The Morgan fingerprint density at radius 3 is 2.26 bits per heavy atom. The summed E-state index contributed by atoms with van der Waals surface area (Å²) in [6.45, 7) is 6.69. The Morgan fingerprint density at radius 1 is 1.00 bits per heavy atom. The number of rotatable bonds is 7. The van der Waals surface area contributed by atoms with E-state index in [1.165, 1.54) is 4.31 Å². The van der Waals surface area contributed by atoms with E-state index in [1.54, 1.807) is 42.6 Å². The smallest absolute Gasteiger partial charge is 0.238 e. The van der Waals surface area contributed by atoms with E-state index in [0.717, 1.165) is 28.8 Å². The van der Waals surface area contributed by atoms with Crippen molar-refractivity contribution < 1.29 is 13.0 Å². The van der Waals surface area contributed by atoms with Crippen LogP contribution >= 0.6 is 23.2 Å². The van der Waals surface area contributed by atoms with E-state index in [1.807, 2.05) is 62.0 Å². The number of fused-ring (bicyclic) bond motifs is 1. The van der Waals surface area contributed by atoms with Gasteiger partial charge < -0.3 is 0 Å². The molecule has 0 atom stereocenters. The molecule has 0 radical (unpaired) electrons. The highest BCUT2D eigenvalue weighted by Gasteiger charge is 2.26. The van der Waals surface area contributed by atoms with Gasteiger partial charge >= 0.3 is 0 Å². The number of hydrogen-bond donors (Lipinski definition) is 0. The van der Waals surface area contributed by atoms with E-state index >= 15 is 0 Å². The van der Waals surface area contributed by atoms with Crippen LogP contribution in [0.25, 0.3) is 16.7 Å². The monoisotopic (exact) mass is 514 g/mol. The number of imidazole rings is 1. The van der Waals surface area contributed by atoms with Crippen molar-refractivity contribution in [2.75, 3.05) is 4.31 Å². The van der Waals surface area contributed by atoms with Gasteiger partial charge in [-0.25, -0.2) is 17.3 Å². The van der Waals surface area contributed by atoms with E-state index in [2.05, 4.69) is 4.57 Å². The Balaban J connectivity index is 1.94. The van der Waals surface area contributed by atoms with Crippen molar-refractivity contribution in [1.29, 1.82) is 0 Å². The van der Waals surface area contributed by atoms with Crippen LogP contribution in [0.4, 0.5) is 5.69 Å². The predicted molar refractivity (Wildman–Crippen MR) is 140 cm³/mol. The number of sulfonamides is 1.